The van der Waals surface area contributed by atoms with Crippen molar-refractivity contribution in [3.8, 4) is 33.6 Å². The van der Waals surface area contributed by atoms with Crippen molar-refractivity contribution in [1.29, 1.82) is 0 Å². The molecule has 3 nitrogen and oxygen atoms in total. The third kappa shape index (κ3) is 4.25. The van der Waals surface area contributed by atoms with Gasteiger partial charge in [-0.25, -0.2) is 0 Å². The zero-order valence-electron chi connectivity index (χ0n) is 27.6. The Morgan fingerprint density at radius 1 is 0.275 bits per heavy atom. The third-order valence-electron chi connectivity index (χ3n) is 10.5. The zero-order valence-corrected chi connectivity index (χ0v) is 27.6. The van der Waals surface area contributed by atoms with E-state index in [0.29, 0.717) is 0 Å². The van der Waals surface area contributed by atoms with Crippen LogP contribution in [-0.2, 0) is 0 Å². The molecular weight excluding hydrogens is 621 g/mol. The van der Waals surface area contributed by atoms with E-state index in [1.165, 1.54) is 71.6 Å². The molecule has 0 unspecified atom stereocenters. The minimum Gasteiger partial charge on any atom is -0.456 e. The summed E-state index contributed by atoms with van der Waals surface area (Å²) in [6, 6.07) is 65.6. The Morgan fingerprint density at radius 3 is 1.57 bits per heavy atom. The maximum atomic E-state index is 6.15. The van der Waals surface area contributed by atoms with Crippen molar-refractivity contribution in [3.05, 3.63) is 182 Å². The quantitative estimate of drug-likeness (QED) is 0.186. The molecule has 238 valence electrons. The fourth-order valence-corrected chi connectivity index (χ4v) is 8.14. The van der Waals surface area contributed by atoms with Crippen LogP contribution in [0.1, 0.15) is 0 Å². The Morgan fingerprint density at radius 2 is 0.804 bits per heavy atom. The summed E-state index contributed by atoms with van der Waals surface area (Å²) in [5.41, 5.74) is 13.7. The van der Waals surface area contributed by atoms with E-state index in [2.05, 4.69) is 179 Å². The first-order valence-electron chi connectivity index (χ1n) is 17.4. The second-order valence-corrected chi connectivity index (χ2v) is 13.4. The van der Waals surface area contributed by atoms with Crippen LogP contribution in [-0.4, -0.2) is 9.13 Å². The van der Waals surface area contributed by atoms with Crippen molar-refractivity contribution in [1.82, 2.24) is 9.13 Å². The van der Waals surface area contributed by atoms with Crippen LogP contribution in [0.25, 0.3) is 99.2 Å². The van der Waals surface area contributed by atoms with E-state index in [9.17, 15) is 0 Å². The molecule has 0 fully saturated rings. The molecular formula is C48H30N2O. The lowest BCUT2D eigenvalue weighted by atomic mass is 9.98. The van der Waals surface area contributed by atoms with E-state index in [-0.39, 0.29) is 0 Å². The van der Waals surface area contributed by atoms with E-state index >= 15 is 0 Å². The molecule has 0 saturated carbocycles. The first-order chi connectivity index (χ1) is 25.3. The molecule has 11 rings (SSSR count). The van der Waals surface area contributed by atoms with Gasteiger partial charge in [0, 0.05) is 43.7 Å². The first kappa shape index (κ1) is 28.0. The zero-order chi connectivity index (χ0) is 33.5. The molecule has 8 aromatic carbocycles. The predicted octanol–water partition coefficient (Wildman–Crippen LogP) is 13.1. The van der Waals surface area contributed by atoms with E-state index in [1.807, 2.05) is 12.1 Å². The standard InChI is InChI=1S/C48H30N2O/c1-2-10-35(11-3-1)49-43-15-7-4-12-37(43)39-25-22-34(29-46(39)49)32-20-18-31(19-21-32)33-23-26-45-41(28-33)38-13-5-8-16-44(38)50(45)36-24-27-48-42(30-36)40-14-6-9-17-47(40)51-48/h1-30H. The molecule has 0 aliphatic rings. The predicted molar refractivity (Wildman–Crippen MR) is 213 cm³/mol. The van der Waals surface area contributed by atoms with Gasteiger partial charge < -0.3 is 13.6 Å². The van der Waals surface area contributed by atoms with E-state index in [4.69, 9.17) is 4.42 Å². The van der Waals surface area contributed by atoms with Crippen LogP contribution in [0, 0.1) is 0 Å². The fraction of sp³-hybridized carbons (Fsp3) is 0. The molecule has 0 amide bonds. The van der Waals surface area contributed by atoms with Gasteiger partial charge >= 0.3 is 0 Å². The molecule has 0 radical (unpaired) electrons. The Balaban J connectivity index is 1.00. The summed E-state index contributed by atoms with van der Waals surface area (Å²) >= 11 is 0. The van der Waals surface area contributed by atoms with Gasteiger partial charge in [-0.15, -0.1) is 0 Å². The Bertz CT molecular complexity index is 3120. The SMILES string of the molecule is c1ccc(-n2c3ccccc3c3ccc(-c4ccc(-c5ccc6c(c5)c5ccccc5n6-c5ccc6oc7ccccc7c6c5)cc4)cc32)cc1. The van der Waals surface area contributed by atoms with Crippen molar-refractivity contribution < 1.29 is 4.42 Å². The lowest BCUT2D eigenvalue weighted by molar-refractivity contribution is 0.669. The second-order valence-electron chi connectivity index (χ2n) is 13.4. The molecule has 0 N–H and O–H groups in total. The number of para-hydroxylation sites is 4. The number of hydrogen-bond acceptors (Lipinski definition) is 1. The summed E-state index contributed by atoms with van der Waals surface area (Å²) < 4.78 is 10.9. The van der Waals surface area contributed by atoms with E-state index in [0.717, 1.165) is 27.6 Å². The number of benzene rings is 8. The van der Waals surface area contributed by atoms with Gasteiger partial charge in [-0.1, -0.05) is 115 Å². The largest absolute Gasteiger partial charge is 0.456 e. The van der Waals surface area contributed by atoms with Crippen LogP contribution < -0.4 is 0 Å². The number of nitrogens with zero attached hydrogens (tertiary/aromatic N) is 2. The minimum atomic E-state index is 0.907. The van der Waals surface area contributed by atoms with Crippen molar-refractivity contribution in [2.75, 3.05) is 0 Å². The molecule has 0 aliphatic heterocycles. The van der Waals surface area contributed by atoms with Crippen molar-refractivity contribution in [2.24, 2.45) is 0 Å². The number of hydrogen-bond donors (Lipinski definition) is 0. The van der Waals surface area contributed by atoms with E-state index in [1.54, 1.807) is 0 Å². The van der Waals surface area contributed by atoms with Crippen molar-refractivity contribution in [3.63, 3.8) is 0 Å². The van der Waals surface area contributed by atoms with Crippen LogP contribution in [0.4, 0.5) is 0 Å². The smallest absolute Gasteiger partial charge is 0.135 e. The normalized spacial score (nSPS) is 11.9. The second kappa shape index (κ2) is 10.8. The highest BCUT2D eigenvalue weighted by Crippen LogP contribution is 2.39. The van der Waals surface area contributed by atoms with Gasteiger partial charge in [0.25, 0.3) is 0 Å². The molecule has 0 saturated heterocycles. The molecule has 3 heterocycles. The lowest BCUT2D eigenvalue weighted by Gasteiger charge is -2.10. The van der Waals surface area contributed by atoms with Crippen molar-refractivity contribution >= 4 is 65.6 Å². The van der Waals surface area contributed by atoms with Crippen LogP contribution in [0.2, 0.25) is 0 Å². The summed E-state index contributed by atoms with van der Waals surface area (Å²) in [4.78, 5) is 0. The monoisotopic (exact) mass is 650 g/mol. The molecule has 3 aromatic heterocycles. The maximum Gasteiger partial charge on any atom is 0.135 e. The third-order valence-corrected chi connectivity index (χ3v) is 10.5. The van der Waals surface area contributed by atoms with Crippen molar-refractivity contribution in [2.45, 2.75) is 0 Å². The van der Waals surface area contributed by atoms with Crippen LogP contribution in [0.5, 0.6) is 0 Å². The maximum absolute atomic E-state index is 6.15. The van der Waals surface area contributed by atoms with Crippen LogP contribution >= 0.6 is 0 Å². The Kier molecular flexibility index (Phi) is 5.96. The molecule has 11 aromatic rings. The highest BCUT2D eigenvalue weighted by molar-refractivity contribution is 6.12. The van der Waals surface area contributed by atoms with Gasteiger partial charge in [0.15, 0.2) is 0 Å². The fourth-order valence-electron chi connectivity index (χ4n) is 8.14. The Labute approximate surface area is 293 Å². The van der Waals surface area contributed by atoms with Gasteiger partial charge in [0.1, 0.15) is 11.2 Å². The molecule has 0 bridgehead atoms. The Hall–Kier alpha value is -6.84. The summed E-state index contributed by atoms with van der Waals surface area (Å²) in [5, 5.41) is 7.28. The van der Waals surface area contributed by atoms with Crippen LogP contribution in [0.3, 0.4) is 0 Å². The molecule has 0 spiro atoms. The summed E-state index contributed by atoms with van der Waals surface area (Å²) in [6.45, 7) is 0. The number of furan rings is 1. The van der Waals surface area contributed by atoms with E-state index < -0.39 is 0 Å². The summed E-state index contributed by atoms with van der Waals surface area (Å²) in [5.74, 6) is 0. The molecule has 3 heteroatoms. The highest BCUT2D eigenvalue weighted by Gasteiger charge is 2.16. The first-order valence-corrected chi connectivity index (χ1v) is 17.4. The summed E-state index contributed by atoms with van der Waals surface area (Å²) in [6.07, 6.45) is 0. The average molecular weight is 651 g/mol. The van der Waals surface area contributed by atoms with Gasteiger partial charge in [-0.3, -0.25) is 0 Å². The average Bonchev–Trinajstić information content (AvgIpc) is 3.85. The number of fused-ring (bicyclic) bond motifs is 9. The minimum absolute atomic E-state index is 0.907. The summed E-state index contributed by atoms with van der Waals surface area (Å²) in [7, 11) is 0. The van der Waals surface area contributed by atoms with Gasteiger partial charge in [0.2, 0.25) is 0 Å². The van der Waals surface area contributed by atoms with Gasteiger partial charge in [-0.05, 0) is 89.0 Å². The number of rotatable bonds is 4. The molecule has 0 aliphatic carbocycles. The van der Waals surface area contributed by atoms with Gasteiger partial charge in [-0.2, -0.15) is 0 Å². The van der Waals surface area contributed by atoms with Gasteiger partial charge in [0.05, 0.1) is 22.1 Å². The lowest BCUT2D eigenvalue weighted by Crippen LogP contribution is -1.93. The topological polar surface area (TPSA) is 23.0 Å². The molecule has 51 heavy (non-hydrogen) atoms. The highest BCUT2D eigenvalue weighted by atomic mass is 16.3. The number of aromatic nitrogens is 2. The van der Waals surface area contributed by atoms with Crippen LogP contribution in [0.15, 0.2) is 186 Å². The molecule has 0 atom stereocenters.